The molecular formula is C16H24N2O. The van der Waals surface area contributed by atoms with Crippen LogP contribution in [0.25, 0.3) is 0 Å². The SMILES string of the molecule is CCCNc1ccccc1C(=O)NC1(CC)CCC1. The molecule has 0 unspecified atom stereocenters. The van der Waals surface area contributed by atoms with Gasteiger partial charge in [-0.05, 0) is 44.2 Å². The van der Waals surface area contributed by atoms with Gasteiger partial charge in [0.05, 0.1) is 5.56 Å². The molecule has 1 aromatic rings. The standard InChI is InChI=1S/C16H24N2O/c1-3-12-17-14-9-6-5-8-13(14)15(19)18-16(4-2)10-7-11-16/h5-6,8-9,17H,3-4,7,10-12H2,1-2H3,(H,18,19). The van der Waals surface area contributed by atoms with Crippen molar-refractivity contribution in [1.82, 2.24) is 5.32 Å². The molecule has 3 heteroatoms. The van der Waals surface area contributed by atoms with E-state index < -0.39 is 0 Å². The molecule has 2 rings (SSSR count). The fourth-order valence-corrected chi connectivity index (χ4v) is 2.57. The molecule has 0 atom stereocenters. The van der Waals surface area contributed by atoms with Gasteiger partial charge >= 0.3 is 0 Å². The molecule has 1 amide bonds. The molecule has 2 N–H and O–H groups in total. The van der Waals surface area contributed by atoms with E-state index in [0.717, 1.165) is 43.5 Å². The average molecular weight is 260 g/mol. The van der Waals surface area contributed by atoms with Crippen molar-refractivity contribution >= 4 is 11.6 Å². The van der Waals surface area contributed by atoms with E-state index in [0.29, 0.717) is 0 Å². The highest BCUT2D eigenvalue weighted by Crippen LogP contribution is 2.35. The molecule has 0 heterocycles. The predicted molar refractivity (Wildman–Crippen MR) is 79.6 cm³/mol. The van der Waals surface area contributed by atoms with E-state index in [1.165, 1.54) is 6.42 Å². The monoisotopic (exact) mass is 260 g/mol. The summed E-state index contributed by atoms with van der Waals surface area (Å²) < 4.78 is 0. The van der Waals surface area contributed by atoms with Crippen LogP contribution in [0.3, 0.4) is 0 Å². The molecular weight excluding hydrogens is 236 g/mol. The Labute approximate surface area is 115 Å². The summed E-state index contributed by atoms with van der Waals surface area (Å²) in [4.78, 5) is 12.4. The molecule has 0 radical (unpaired) electrons. The summed E-state index contributed by atoms with van der Waals surface area (Å²) >= 11 is 0. The van der Waals surface area contributed by atoms with Crippen molar-refractivity contribution in [2.45, 2.75) is 51.5 Å². The predicted octanol–water partition coefficient (Wildman–Crippen LogP) is 3.57. The normalized spacial score (nSPS) is 16.5. The first kappa shape index (κ1) is 13.9. The Balaban J connectivity index is 2.10. The van der Waals surface area contributed by atoms with Crippen LogP contribution in [0.15, 0.2) is 24.3 Å². The van der Waals surface area contributed by atoms with Crippen LogP contribution in [-0.2, 0) is 0 Å². The van der Waals surface area contributed by atoms with Crippen LogP contribution in [0, 0.1) is 0 Å². The lowest BCUT2D eigenvalue weighted by atomic mass is 9.74. The molecule has 0 bridgehead atoms. The lowest BCUT2D eigenvalue weighted by molar-refractivity contribution is 0.0821. The summed E-state index contributed by atoms with van der Waals surface area (Å²) in [5, 5.41) is 6.56. The van der Waals surface area contributed by atoms with Crippen molar-refractivity contribution in [3.63, 3.8) is 0 Å². The number of nitrogens with one attached hydrogen (secondary N) is 2. The smallest absolute Gasteiger partial charge is 0.253 e. The first-order valence-corrected chi connectivity index (χ1v) is 7.36. The van der Waals surface area contributed by atoms with E-state index in [1.807, 2.05) is 24.3 Å². The van der Waals surface area contributed by atoms with Crippen LogP contribution < -0.4 is 10.6 Å². The Kier molecular flexibility index (Phi) is 4.46. The number of benzene rings is 1. The maximum atomic E-state index is 12.4. The van der Waals surface area contributed by atoms with Gasteiger partial charge in [-0.1, -0.05) is 26.0 Å². The zero-order valence-electron chi connectivity index (χ0n) is 12.0. The molecule has 0 aliphatic heterocycles. The highest BCUT2D eigenvalue weighted by molar-refractivity contribution is 6.00. The summed E-state index contributed by atoms with van der Waals surface area (Å²) in [7, 11) is 0. The molecule has 0 aromatic heterocycles. The van der Waals surface area contributed by atoms with Crippen molar-refractivity contribution in [2.75, 3.05) is 11.9 Å². The number of carbonyl (C=O) groups is 1. The highest BCUT2D eigenvalue weighted by atomic mass is 16.1. The van der Waals surface area contributed by atoms with Crippen LogP contribution in [0.2, 0.25) is 0 Å². The first-order valence-electron chi connectivity index (χ1n) is 7.36. The van der Waals surface area contributed by atoms with E-state index in [4.69, 9.17) is 0 Å². The van der Waals surface area contributed by atoms with Gasteiger partial charge in [0, 0.05) is 17.8 Å². The van der Waals surface area contributed by atoms with E-state index in [1.54, 1.807) is 0 Å². The van der Waals surface area contributed by atoms with Crippen molar-refractivity contribution in [1.29, 1.82) is 0 Å². The molecule has 1 aromatic carbocycles. The van der Waals surface area contributed by atoms with Crippen LogP contribution >= 0.6 is 0 Å². The van der Waals surface area contributed by atoms with Crippen molar-refractivity contribution in [3.05, 3.63) is 29.8 Å². The Morgan fingerprint density at radius 3 is 2.58 bits per heavy atom. The second kappa shape index (κ2) is 6.09. The van der Waals surface area contributed by atoms with Gasteiger partial charge < -0.3 is 10.6 Å². The molecule has 1 aliphatic rings. The molecule has 1 aliphatic carbocycles. The van der Waals surface area contributed by atoms with E-state index >= 15 is 0 Å². The number of rotatable bonds is 6. The third-order valence-corrected chi connectivity index (χ3v) is 4.10. The molecule has 1 fully saturated rings. The van der Waals surface area contributed by atoms with Gasteiger partial charge in [0.15, 0.2) is 0 Å². The van der Waals surface area contributed by atoms with Gasteiger partial charge in [-0.2, -0.15) is 0 Å². The lowest BCUT2D eigenvalue weighted by Gasteiger charge is -2.42. The summed E-state index contributed by atoms with van der Waals surface area (Å²) in [6, 6.07) is 7.76. The minimum absolute atomic E-state index is 0.0505. The van der Waals surface area contributed by atoms with Crippen LogP contribution in [0.5, 0.6) is 0 Å². The Bertz CT molecular complexity index is 433. The minimum Gasteiger partial charge on any atom is -0.384 e. The van der Waals surface area contributed by atoms with E-state index in [9.17, 15) is 4.79 Å². The third kappa shape index (κ3) is 3.09. The van der Waals surface area contributed by atoms with Gasteiger partial charge in [0.25, 0.3) is 5.91 Å². The van der Waals surface area contributed by atoms with E-state index in [-0.39, 0.29) is 11.4 Å². The summed E-state index contributed by atoms with van der Waals surface area (Å²) in [5.74, 6) is 0.0563. The number of amides is 1. The average Bonchev–Trinajstić information content (AvgIpc) is 2.40. The van der Waals surface area contributed by atoms with Crippen LogP contribution in [0.4, 0.5) is 5.69 Å². The van der Waals surface area contributed by atoms with E-state index in [2.05, 4.69) is 24.5 Å². The second-order valence-electron chi connectivity index (χ2n) is 5.41. The number of hydrogen-bond donors (Lipinski definition) is 2. The summed E-state index contributed by atoms with van der Waals surface area (Å²) in [6.07, 6.45) is 5.52. The quantitative estimate of drug-likeness (QED) is 0.821. The molecule has 0 saturated heterocycles. The second-order valence-corrected chi connectivity index (χ2v) is 5.41. The van der Waals surface area contributed by atoms with Gasteiger partial charge in [0.2, 0.25) is 0 Å². The van der Waals surface area contributed by atoms with Gasteiger partial charge in [0.1, 0.15) is 0 Å². The van der Waals surface area contributed by atoms with Crippen molar-refractivity contribution in [3.8, 4) is 0 Å². The number of anilines is 1. The van der Waals surface area contributed by atoms with Gasteiger partial charge in [-0.3, -0.25) is 4.79 Å². The van der Waals surface area contributed by atoms with Gasteiger partial charge in [-0.25, -0.2) is 0 Å². The maximum Gasteiger partial charge on any atom is 0.253 e. The fraction of sp³-hybridized carbons (Fsp3) is 0.562. The first-order chi connectivity index (χ1) is 9.21. The lowest BCUT2D eigenvalue weighted by Crippen LogP contribution is -2.53. The van der Waals surface area contributed by atoms with Crippen molar-refractivity contribution in [2.24, 2.45) is 0 Å². The number of carbonyl (C=O) groups excluding carboxylic acids is 1. The zero-order valence-corrected chi connectivity index (χ0v) is 12.0. The fourth-order valence-electron chi connectivity index (χ4n) is 2.57. The highest BCUT2D eigenvalue weighted by Gasteiger charge is 2.36. The largest absolute Gasteiger partial charge is 0.384 e. The third-order valence-electron chi connectivity index (χ3n) is 4.10. The zero-order chi connectivity index (χ0) is 13.7. The topological polar surface area (TPSA) is 41.1 Å². The molecule has 19 heavy (non-hydrogen) atoms. The van der Waals surface area contributed by atoms with Crippen LogP contribution in [0.1, 0.15) is 56.3 Å². The number of para-hydroxylation sites is 1. The Morgan fingerprint density at radius 1 is 1.26 bits per heavy atom. The van der Waals surface area contributed by atoms with Crippen LogP contribution in [-0.4, -0.2) is 18.0 Å². The van der Waals surface area contributed by atoms with Crippen molar-refractivity contribution < 1.29 is 4.79 Å². The Morgan fingerprint density at radius 2 is 2.00 bits per heavy atom. The summed E-state index contributed by atoms with van der Waals surface area (Å²) in [5.41, 5.74) is 1.75. The molecule has 3 nitrogen and oxygen atoms in total. The summed E-state index contributed by atoms with van der Waals surface area (Å²) in [6.45, 7) is 5.17. The molecule has 1 saturated carbocycles. The molecule has 104 valence electrons. The molecule has 0 spiro atoms. The maximum absolute atomic E-state index is 12.4. The van der Waals surface area contributed by atoms with Gasteiger partial charge in [-0.15, -0.1) is 0 Å². The Hall–Kier alpha value is -1.51. The number of hydrogen-bond acceptors (Lipinski definition) is 2. The minimum atomic E-state index is 0.0505.